The fourth-order valence-corrected chi connectivity index (χ4v) is 5.34. The van der Waals surface area contributed by atoms with Crippen LogP contribution in [0.1, 0.15) is 200 Å². The van der Waals surface area contributed by atoms with Crippen molar-refractivity contribution in [1.82, 2.24) is 0 Å². The van der Waals surface area contributed by atoms with E-state index in [-0.39, 0.29) is 12.1 Å². The Morgan fingerprint density at radius 2 is 0.925 bits per heavy atom. The van der Waals surface area contributed by atoms with Crippen molar-refractivity contribution in [3.8, 4) is 0 Å². The minimum atomic E-state index is -0.678. The average Bonchev–Trinajstić information content (AvgIpc) is 2.93. The standard InChI is InChI=1S/C36H68O4/c1-3-5-7-9-11-12-13-17-21-25-29-33-36(39)40-34(30-26-22-18-10-8-6-4-2)31-27-23-19-15-14-16-20-24-28-32-35(37)38/h9,11,34H,3-8,10,12-33H2,1-2H3,(H,37,38)/b11-9-. The van der Waals surface area contributed by atoms with Crippen molar-refractivity contribution in [2.75, 3.05) is 0 Å². The highest BCUT2D eigenvalue weighted by atomic mass is 16.5. The first kappa shape index (κ1) is 38.7. The van der Waals surface area contributed by atoms with E-state index in [1.807, 2.05) is 0 Å². The van der Waals surface area contributed by atoms with Crippen LogP contribution < -0.4 is 0 Å². The largest absolute Gasteiger partial charge is 0.481 e. The molecule has 0 amide bonds. The summed E-state index contributed by atoms with van der Waals surface area (Å²) in [5.74, 6) is -0.655. The monoisotopic (exact) mass is 565 g/mol. The van der Waals surface area contributed by atoms with Crippen LogP contribution in [-0.2, 0) is 14.3 Å². The van der Waals surface area contributed by atoms with Crippen LogP contribution in [0.15, 0.2) is 12.2 Å². The Kier molecular flexibility index (Phi) is 31.1. The molecule has 0 aromatic heterocycles. The second kappa shape index (κ2) is 32.2. The summed E-state index contributed by atoms with van der Waals surface area (Å²) in [5.41, 5.74) is 0. The van der Waals surface area contributed by atoms with Crippen molar-refractivity contribution in [3.05, 3.63) is 12.2 Å². The van der Waals surface area contributed by atoms with E-state index in [9.17, 15) is 9.59 Å². The lowest BCUT2D eigenvalue weighted by Crippen LogP contribution is -2.18. The number of unbranched alkanes of at least 4 members (excludes halogenated alkanes) is 21. The van der Waals surface area contributed by atoms with Crippen molar-refractivity contribution in [1.29, 1.82) is 0 Å². The van der Waals surface area contributed by atoms with Crippen LogP contribution in [0.3, 0.4) is 0 Å². The van der Waals surface area contributed by atoms with Gasteiger partial charge in [-0.2, -0.15) is 0 Å². The summed E-state index contributed by atoms with van der Waals surface area (Å²) in [6.07, 6.45) is 38.0. The Bertz CT molecular complexity index is 571. The number of hydrogen-bond acceptors (Lipinski definition) is 3. The predicted molar refractivity (Wildman–Crippen MR) is 172 cm³/mol. The van der Waals surface area contributed by atoms with E-state index in [1.165, 1.54) is 122 Å². The highest BCUT2D eigenvalue weighted by molar-refractivity contribution is 5.69. The summed E-state index contributed by atoms with van der Waals surface area (Å²) in [6, 6.07) is 0. The maximum atomic E-state index is 12.6. The smallest absolute Gasteiger partial charge is 0.306 e. The maximum Gasteiger partial charge on any atom is 0.306 e. The summed E-state index contributed by atoms with van der Waals surface area (Å²) in [4.78, 5) is 23.1. The molecule has 0 saturated heterocycles. The van der Waals surface area contributed by atoms with Gasteiger partial charge in [0.25, 0.3) is 0 Å². The molecule has 0 aliphatic rings. The van der Waals surface area contributed by atoms with Crippen LogP contribution in [-0.4, -0.2) is 23.1 Å². The van der Waals surface area contributed by atoms with E-state index in [0.29, 0.717) is 12.8 Å². The zero-order valence-electron chi connectivity index (χ0n) is 26.9. The number of aliphatic carboxylic acids is 1. The lowest BCUT2D eigenvalue weighted by Gasteiger charge is -2.18. The fourth-order valence-electron chi connectivity index (χ4n) is 5.34. The van der Waals surface area contributed by atoms with Gasteiger partial charge in [0.2, 0.25) is 0 Å². The minimum Gasteiger partial charge on any atom is -0.481 e. The summed E-state index contributed by atoms with van der Waals surface area (Å²) in [7, 11) is 0. The van der Waals surface area contributed by atoms with Gasteiger partial charge in [0.15, 0.2) is 0 Å². The number of hydrogen-bond donors (Lipinski definition) is 1. The summed E-state index contributed by atoms with van der Waals surface area (Å²) in [5, 5.41) is 8.70. The minimum absolute atomic E-state index is 0.0229. The summed E-state index contributed by atoms with van der Waals surface area (Å²) in [6.45, 7) is 4.50. The van der Waals surface area contributed by atoms with Crippen molar-refractivity contribution in [2.45, 2.75) is 206 Å². The molecule has 40 heavy (non-hydrogen) atoms. The number of rotatable bonds is 32. The molecule has 0 bridgehead atoms. The molecule has 236 valence electrons. The molecule has 0 radical (unpaired) electrons. The molecule has 1 atom stereocenters. The first-order valence-corrected chi connectivity index (χ1v) is 17.7. The predicted octanol–water partition coefficient (Wildman–Crippen LogP) is 11.9. The number of ether oxygens (including phenoxy) is 1. The molecule has 1 N–H and O–H groups in total. The molecular formula is C36H68O4. The number of carbonyl (C=O) groups excluding carboxylic acids is 1. The van der Waals surface area contributed by atoms with Gasteiger partial charge in [-0.05, 0) is 57.8 Å². The average molecular weight is 565 g/mol. The van der Waals surface area contributed by atoms with E-state index in [0.717, 1.165) is 51.4 Å². The molecule has 0 spiro atoms. The second-order valence-corrected chi connectivity index (χ2v) is 12.1. The summed E-state index contributed by atoms with van der Waals surface area (Å²) >= 11 is 0. The maximum absolute atomic E-state index is 12.6. The third-order valence-corrected chi connectivity index (χ3v) is 7.99. The van der Waals surface area contributed by atoms with Crippen LogP contribution in [0.4, 0.5) is 0 Å². The molecular weight excluding hydrogens is 496 g/mol. The molecule has 4 nitrogen and oxygen atoms in total. The van der Waals surface area contributed by atoms with Crippen molar-refractivity contribution in [2.24, 2.45) is 0 Å². The van der Waals surface area contributed by atoms with E-state index in [2.05, 4.69) is 26.0 Å². The van der Waals surface area contributed by atoms with Crippen LogP contribution in [0.2, 0.25) is 0 Å². The zero-order chi connectivity index (χ0) is 29.4. The van der Waals surface area contributed by atoms with Gasteiger partial charge in [-0.25, -0.2) is 0 Å². The molecule has 0 aliphatic carbocycles. The molecule has 0 heterocycles. The molecule has 1 unspecified atom stereocenters. The Morgan fingerprint density at radius 1 is 0.525 bits per heavy atom. The Hall–Kier alpha value is -1.32. The molecule has 0 aromatic rings. The van der Waals surface area contributed by atoms with Gasteiger partial charge in [0.05, 0.1) is 0 Å². The molecule has 0 fully saturated rings. The highest BCUT2D eigenvalue weighted by Gasteiger charge is 2.14. The summed E-state index contributed by atoms with van der Waals surface area (Å²) < 4.78 is 6.00. The third-order valence-electron chi connectivity index (χ3n) is 7.99. The van der Waals surface area contributed by atoms with Gasteiger partial charge in [0, 0.05) is 12.8 Å². The number of carbonyl (C=O) groups is 2. The normalized spacial score (nSPS) is 12.2. The van der Waals surface area contributed by atoms with Gasteiger partial charge >= 0.3 is 11.9 Å². The van der Waals surface area contributed by atoms with Gasteiger partial charge in [0.1, 0.15) is 6.10 Å². The van der Waals surface area contributed by atoms with Gasteiger partial charge in [-0.3, -0.25) is 9.59 Å². The van der Waals surface area contributed by atoms with Crippen molar-refractivity contribution >= 4 is 11.9 Å². The topological polar surface area (TPSA) is 63.6 Å². The first-order chi connectivity index (χ1) is 19.6. The van der Waals surface area contributed by atoms with E-state index < -0.39 is 5.97 Å². The van der Waals surface area contributed by atoms with Crippen LogP contribution in [0.25, 0.3) is 0 Å². The first-order valence-electron chi connectivity index (χ1n) is 17.7. The Labute approximate surface area is 249 Å². The highest BCUT2D eigenvalue weighted by Crippen LogP contribution is 2.19. The SMILES string of the molecule is CCCC/C=C\CCCCCCCC(=O)OC(CCCCCCCCC)CCCCCCCCCCCC(=O)O. The van der Waals surface area contributed by atoms with Crippen LogP contribution >= 0.6 is 0 Å². The molecule has 0 saturated carbocycles. The third kappa shape index (κ3) is 31.2. The van der Waals surface area contributed by atoms with E-state index in [4.69, 9.17) is 9.84 Å². The quantitative estimate of drug-likeness (QED) is 0.0501. The zero-order valence-corrected chi connectivity index (χ0v) is 26.9. The van der Waals surface area contributed by atoms with Crippen LogP contribution in [0, 0.1) is 0 Å². The molecule has 0 aliphatic heterocycles. The lowest BCUT2D eigenvalue weighted by molar-refractivity contribution is -0.150. The van der Waals surface area contributed by atoms with Crippen molar-refractivity contribution < 1.29 is 19.4 Å². The Morgan fingerprint density at radius 3 is 1.43 bits per heavy atom. The molecule has 4 heteroatoms. The van der Waals surface area contributed by atoms with E-state index in [1.54, 1.807) is 0 Å². The second-order valence-electron chi connectivity index (χ2n) is 12.1. The fraction of sp³-hybridized carbons (Fsp3) is 0.889. The number of allylic oxidation sites excluding steroid dienone is 2. The van der Waals surface area contributed by atoms with Gasteiger partial charge in [-0.1, -0.05) is 142 Å². The van der Waals surface area contributed by atoms with Gasteiger partial charge < -0.3 is 9.84 Å². The van der Waals surface area contributed by atoms with Crippen LogP contribution in [0.5, 0.6) is 0 Å². The van der Waals surface area contributed by atoms with Gasteiger partial charge in [-0.15, -0.1) is 0 Å². The Balaban J connectivity index is 4.03. The van der Waals surface area contributed by atoms with Crippen molar-refractivity contribution in [3.63, 3.8) is 0 Å². The number of carboxylic acids is 1. The molecule has 0 rings (SSSR count). The lowest BCUT2D eigenvalue weighted by atomic mass is 10.0. The number of carboxylic acid groups (broad SMARTS) is 1. The number of esters is 1. The molecule has 0 aromatic carbocycles. The van der Waals surface area contributed by atoms with E-state index >= 15 is 0 Å².